The Hall–Kier alpha value is -6.84. The highest BCUT2D eigenvalue weighted by molar-refractivity contribution is 6.02. The van der Waals surface area contributed by atoms with Gasteiger partial charge in [0.2, 0.25) is 11.8 Å². The fourth-order valence-electron chi connectivity index (χ4n) is 10.9. The van der Waals surface area contributed by atoms with Gasteiger partial charge in [-0.25, -0.2) is 38.2 Å². The van der Waals surface area contributed by atoms with E-state index in [4.69, 9.17) is 30.1 Å². The number of fused-ring (bicyclic) bond motifs is 1. The fraction of sp³-hybridized carbons (Fsp3) is 0.532. The summed E-state index contributed by atoms with van der Waals surface area (Å²) in [5.41, 5.74) is 9.68. The van der Waals surface area contributed by atoms with Gasteiger partial charge in [0, 0.05) is 100 Å². The number of anilines is 3. The van der Waals surface area contributed by atoms with Crippen LogP contribution >= 0.6 is 0 Å². The number of piperidine rings is 3. The van der Waals surface area contributed by atoms with Gasteiger partial charge in [-0.05, 0) is 82.4 Å². The van der Waals surface area contributed by atoms with Gasteiger partial charge >= 0.3 is 6.09 Å². The van der Waals surface area contributed by atoms with Crippen LogP contribution in [0.3, 0.4) is 0 Å². The molecular weight excluding hydrogens is 895 g/mol. The van der Waals surface area contributed by atoms with Crippen LogP contribution in [0.1, 0.15) is 94.4 Å². The predicted octanol–water partition coefficient (Wildman–Crippen LogP) is 4.60. The largest absolute Gasteiger partial charge is 0.439 e. The molecule has 1 saturated carbocycles. The molecule has 6 aliphatic rings. The number of hydrogen-bond acceptors (Lipinski definition) is 16. The highest BCUT2D eigenvalue weighted by Gasteiger charge is 2.54. The summed E-state index contributed by atoms with van der Waals surface area (Å²) in [6.07, 6.45) is 9.90. The number of halogens is 2. The molecule has 9 heterocycles. The van der Waals surface area contributed by atoms with Crippen molar-refractivity contribution in [2.45, 2.75) is 95.2 Å². The van der Waals surface area contributed by atoms with Crippen molar-refractivity contribution in [3.8, 4) is 22.8 Å². The van der Waals surface area contributed by atoms with Crippen LogP contribution in [-0.4, -0.2) is 144 Å². The first-order chi connectivity index (χ1) is 33.3. The van der Waals surface area contributed by atoms with E-state index in [1.54, 1.807) is 19.4 Å². The van der Waals surface area contributed by atoms with Crippen molar-refractivity contribution in [3.05, 3.63) is 53.8 Å². The number of nitrogens with zero attached hydrogens (tertiary/aromatic N) is 11. The Morgan fingerprint density at radius 1 is 0.899 bits per heavy atom. The lowest BCUT2D eigenvalue weighted by Gasteiger charge is -2.63. The maximum atomic E-state index is 15.2. The third-order valence-electron chi connectivity index (χ3n) is 14.7. The number of amides is 4. The van der Waals surface area contributed by atoms with Crippen molar-refractivity contribution in [2.24, 2.45) is 5.41 Å². The fourth-order valence-corrected chi connectivity index (χ4v) is 10.9. The first kappa shape index (κ1) is 44.7. The van der Waals surface area contributed by atoms with Crippen LogP contribution < -0.4 is 21.3 Å². The highest BCUT2D eigenvalue weighted by Crippen LogP contribution is 2.49. The molecule has 22 heteroatoms. The minimum absolute atomic E-state index is 0.00904. The number of nitrogen functional groups attached to an aromatic ring is 1. The molecule has 20 nitrogen and oxygen atoms in total. The standard InChI is InChI=1S/C47H54F2N14O6/c1-25(2)63-44-37(42(50)53-24-54-44)38(57-63)39-36(41(69-58-39)27-3-4-27)43-51-17-28(18-52-43)26-7-11-60(12-8-26)46(67)68-19-35(65)59-13-9-30(10-14-59)61-20-47(21-61)22-62(23-47)40-31(48)15-29(16-32(40)49)55-33-5-6-34(64)56-45(33)66/h15-18,24-27,30,33,55H,3-14,19-23H2,1-2H3,(H2,50,53,54)(H,56,64,66). The van der Waals surface area contributed by atoms with Crippen molar-refractivity contribution >= 4 is 52.0 Å². The number of benzene rings is 1. The lowest BCUT2D eigenvalue weighted by Crippen LogP contribution is -2.74. The minimum atomic E-state index is -0.740. The van der Waals surface area contributed by atoms with Crippen LogP contribution in [0.4, 0.5) is 30.8 Å². The van der Waals surface area contributed by atoms with Crippen LogP contribution in [-0.2, 0) is 19.1 Å². The molecular formula is C47H54F2N14O6. The number of ether oxygens (including phenoxy) is 1. The summed E-state index contributed by atoms with van der Waals surface area (Å²) in [4.78, 5) is 75.7. The van der Waals surface area contributed by atoms with Crippen molar-refractivity contribution in [2.75, 3.05) is 74.9 Å². The predicted molar refractivity (Wildman–Crippen MR) is 245 cm³/mol. The van der Waals surface area contributed by atoms with E-state index in [0.717, 1.165) is 50.1 Å². The van der Waals surface area contributed by atoms with Gasteiger partial charge < -0.3 is 35.0 Å². The molecule has 4 amide bonds. The zero-order valence-electron chi connectivity index (χ0n) is 38.5. The Morgan fingerprint density at radius 3 is 2.26 bits per heavy atom. The molecule has 0 bridgehead atoms. The molecule has 1 aromatic carbocycles. The van der Waals surface area contributed by atoms with E-state index in [-0.39, 0.29) is 65.9 Å². The van der Waals surface area contributed by atoms with Gasteiger partial charge in [0.05, 0.1) is 10.9 Å². The third-order valence-corrected chi connectivity index (χ3v) is 14.7. The average Bonchev–Trinajstić information content (AvgIpc) is 3.94. The lowest BCUT2D eigenvalue weighted by atomic mass is 9.71. The smallest absolute Gasteiger partial charge is 0.410 e. The summed E-state index contributed by atoms with van der Waals surface area (Å²) in [5, 5.41) is 15.0. The molecule has 4 aromatic heterocycles. The van der Waals surface area contributed by atoms with E-state index >= 15 is 8.78 Å². The third kappa shape index (κ3) is 8.45. The maximum absolute atomic E-state index is 15.2. The first-order valence-electron chi connectivity index (χ1n) is 23.9. The van der Waals surface area contributed by atoms with Crippen molar-refractivity contribution < 1.29 is 37.2 Å². The summed E-state index contributed by atoms with van der Waals surface area (Å²) in [7, 11) is 0. The second-order valence-corrected chi connectivity index (χ2v) is 19.9. The van der Waals surface area contributed by atoms with E-state index in [1.165, 1.54) is 18.5 Å². The summed E-state index contributed by atoms with van der Waals surface area (Å²) in [6, 6.07) is 1.95. The number of nitrogens with one attached hydrogen (secondary N) is 2. The zero-order chi connectivity index (χ0) is 47.7. The summed E-state index contributed by atoms with van der Waals surface area (Å²) in [5.74, 6) is -0.651. The highest BCUT2D eigenvalue weighted by atomic mass is 19.1. The van der Waals surface area contributed by atoms with E-state index in [1.807, 2.05) is 26.2 Å². The van der Waals surface area contributed by atoms with Gasteiger partial charge in [-0.2, -0.15) is 5.10 Å². The van der Waals surface area contributed by atoms with Gasteiger partial charge in [0.15, 0.2) is 35.5 Å². The Balaban J connectivity index is 0.624. The lowest BCUT2D eigenvalue weighted by molar-refractivity contribution is -0.137. The molecule has 1 atom stereocenters. The number of aromatic nitrogens is 7. The second-order valence-electron chi connectivity index (χ2n) is 19.9. The van der Waals surface area contributed by atoms with E-state index < -0.39 is 29.7 Å². The van der Waals surface area contributed by atoms with Gasteiger partial charge in [0.25, 0.3) is 5.91 Å². The van der Waals surface area contributed by atoms with Gasteiger partial charge in [-0.3, -0.25) is 24.6 Å². The normalized spacial score (nSPS) is 21.2. The van der Waals surface area contributed by atoms with Crippen LogP contribution in [0, 0.1) is 17.0 Å². The molecule has 4 N–H and O–H groups in total. The summed E-state index contributed by atoms with van der Waals surface area (Å²) >= 11 is 0. The van der Waals surface area contributed by atoms with Gasteiger partial charge in [-0.1, -0.05) is 5.16 Å². The van der Waals surface area contributed by atoms with Crippen molar-refractivity contribution in [3.63, 3.8) is 0 Å². The van der Waals surface area contributed by atoms with Gasteiger partial charge in [0.1, 0.15) is 35.3 Å². The van der Waals surface area contributed by atoms with E-state index in [9.17, 15) is 19.2 Å². The Kier molecular flexibility index (Phi) is 11.4. The van der Waals surface area contributed by atoms with Crippen molar-refractivity contribution in [1.29, 1.82) is 0 Å². The Bertz CT molecular complexity index is 2800. The molecule has 5 saturated heterocycles. The molecule has 11 rings (SSSR count). The first-order valence-corrected chi connectivity index (χ1v) is 23.9. The topological polar surface area (TPSA) is 236 Å². The maximum Gasteiger partial charge on any atom is 0.410 e. The number of likely N-dealkylation sites (tertiary alicyclic amines) is 3. The number of carbonyl (C=O) groups excluding carboxylic acids is 4. The number of imide groups is 1. The number of nitrogens with two attached hydrogens (primary N) is 1. The summed E-state index contributed by atoms with van der Waals surface area (Å²) in [6.45, 7) is 8.46. The average molecular weight is 949 g/mol. The monoisotopic (exact) mass is 948 g/mol. The van der Waals surface area contributed by atoms with Crippen LogP contribution in [0.2, 0.25) is 0 Å². The number of hydrogen-bond donors (Lipinski definition) is 3. The Morgan fingerprint density at radius 2 is 1.59 bits per heavy atom. The quantitative estimate of drug-likeness (QED) is 0.153. The van der Waals surface area contributed by atoms with Crippen LogP contribution in [0.15, 0.2) is 35.4 Å². The molecule has 6 fully saturated rings. The van der Waals surface area contributed by atoms with Crippen molar-refractivity contribution in [1.82, 2.24) is 54.9 Å². The SMILES string of the molecule is CC(C)n1nc(-c2noc(C3CC3)c2-c2ncc(C3CCN(C(=O)OCC(=O)N4CCC(N5CC6(CN(c7c(F)cc(NC8CCC(=O)NC8=O)cc7F)C6)C5)CC4)CC3)cn2)c2c(N)ncnc21. The number of carbonyl (C=O) groups is 4. The molecule has 1 aliphatic carbocycles. The second kappa shape index (κ2) is 17.6. The summed E-state index contributed by atoms with van der Waals surface area (Å²) < 4.78 is 43.7. The molecule has 5 aliphatic heterocycles. The van der Waals surface area contributed by atoms with Crippen LogP contribution in [0.25, 0.3) is 33.8 Å². The van der Waals surface area contributed by atoms with E-state index in [2.05, 4.69) is 30.7 Å². The molecule has 5 aromatic rings. The molecule has 362 valence electrons. The zero-order valence-corrected chi connectivity index (χ0v) is 38.5. The molecule has 0 radical (unpaired) electrons. The van der Waals surface area contributed by atoms with Gasteiger partial charge in [-0.15, -0.1) is 0 Å². The van der Waals surface area contributed by atoms with Crippen LogP contribution in [0.5, 0.6) is 0 Å². The molecule has 1 spiro atoms. The van der Waals surface area contributed by atoms with E-state index in [0.29, 0.717) is 97.8 Å². The molecule has 1 unspecified atom stereocenters. The minimum Gasteiger partial charge on any atom is -0.439 e. The molecule has 69 heavy (non-hydrogen) atoms. The number of rotatable bonds is 11. The Labute approximate surface area is 395 Å².